The van der Waals surface area contributed by atoms with Gasteiger partial charge in [-0.2, -0.15) is 13.2 Å². The second-order valence-electron chi connectivity index (χ2n) is 8.69. The molecule has 0 aliphatic carbocycles. The molecule has 0 saturated carbocycles. The van der Waals surface area contributed by atoms with E-state index in [1.807, 2.05) is 0 Å². The molecule has 3 aromatic rings. The molecule has 2 unspecified atom stereocenters. The molecule has 0 saturated heterocycles. The smallest absolute Gasteiger partial charge is 0.389 e. The number of alkyl halides is 3. The highest BCUT2D eigenvalue weighted by atomic mass is 35.5. The summed E-state index contributed by atoms with van der Waals surface area (Å²) in [5.74, 6) is -3.14. The van der Waals surface area contributed by atoms with E-state index in [9.17, 15) is 37.4 Å². The fourth-order valence-electron chi connectivity index (χ4n) is 3.54. The Morgan fingerprint density at radius 3 is 2.51 bits per heavy atom. The Bertz CT molecular complexity index is 1260. The van der Waals surface area contributed by atoms with E-state index in [-0.39, 0.29) is 40.1 Å². The summed E-state index contributed by atoms with van der Waals surface area (Å²) in [6.07, 6.45) is -6.53. The number of nitrogens with one attached hydrogen (secondary N) is 2. The van der Waals surface area contributed by atoms with Crippen LogP contribution in [0.1, 0.15) is 54.3 Å². The summed E-state index contributed by atoms with van der Waals surface area (Å²) in [6.45, 7) is 1.46. The number of amides is 2. The summed E-state index contributed by atoms with van der Waals surface area (Å²) < 4.78 is 58.3. The molecular weight excluding hydrogens is 568 g/mol. The lowest BCUT2D eigenvalue weighted by Crippen LogP contribution is -2.51. The van der Waals surface area contributed by atoms with Gasteiger partial charge in [0.1, 0.15) is 23.0 Å². The zero-order valence-electron chi connectivity index (χ0n) is 20.4. The van der Waals surface area contributed by atoms with Crippen molar-refractivity contribution >= 4 is 34.8 Å². The summed E-state index contributed by atoms with van der Waals surface area (Å²) in [6, 6.07) is 1.03. The number of carbonyl (C=O) groups is 2. The van der Waals surface area contributed by atoms with Gasteiger partial charge in [0, 0.05) is 23.0 Å². The number of carbonyl (C=O) groups excluding carboxylic acids is 2. The van der Waals surface area contributed by atoms with Crippen molar-refractivity contribution in [1.82, 2.24) is 20.6 Å². The van der Waals surface area contributed by atoms with E-state index in [1.54, 1.807) is 0 Å². The maximum absolute atomic E-state index is 14.2. The van der Waals surface area contributed by atoms with Gasteiger partial charge in [0.25, 0.3) is 5.91 Å². The van der Waals surface area contributed by atoms with Crippen LogP contribution in [0.25, 0.3) is 11.5 Å². The first kappa shape index (κ1) is 30.5. The molecule has 1 aromatic carbocycles. The predicted octanol–water partition coefficient (Wildman–Crippen LogP) is 4.41. The highest BCUT2D eigenvalue weighted by Gasteiger charge is 2.34. The van der Waals surface area contributed by atoms with Crippen LogP contribution in [0, 0.1) is 5.82 Å². The summed E-state index contributed by atoms with van der Waals surface area (Å²) in [5.41, 5.74) is -0.0643. The predicted molar refractivity (Wildman–Crippen MR) is 133 cm³/mol. The lowest BCUT2D eigenvalue weighted by atomic mass is 10.0. The van der Waals surface area contributed by atoms with Crippen molar-refractivity contribution < 1.29 is 41.8 Å². The van der Waals surface area contributed by atoms with E-state index in [0.717, 1.165) is 23.6 Å². The minimum Gasteiger partial charge on any atom is -0.431 e. The van der Waals surface area contributed by atoms with E-state index >= 15 is 0 Å². The van der Waals surface area contributed by atoms with Gasteiger partial charge in [-0.1, -0.05) is 11.6 Å². The van der Waals surface area contributed by atoms with Crippen molar-refractivity contribution in [3.8, 4) is 11.5 Å². The molecule has 0 bridgehead atoms. The Labute approximate surface area is 229 Å². The van der Waals surface area contributed by atoms with Gasteiger partial charge < -0.3 is 25.3 Å². The molecule has 3 rings (SSSR count). The number of oxazole rings is 1. The summed E-state index contributed by atoms with van der Waals surface area (Å²) in [5, 5.41) is 26.8. The molecule has 4 N–H and O–H groups in total. The third kappa shape index (κ3) is 8.98. The number of aliphatic hydroxyl groups excluding tert-OH is 2. The summed E-state index contributed by atoms with van der Waals surface area (Å²) in [4.78, 5) is 33.7. The van der Waals surface area contributed by atoms with Crippen LogP contribution in [0.5, 0.6) is 0 Å². The van der Waals surface area contributed by atoms with E-state index in [4.69, 9.17) is 16.0 Å². The van der Waals surface area contributed by atoms with Gasteiger partial charge >= 0.3 is 6.18 Å². The molecule has 0 spiro atoms. The summed E-state index contributed by atoms with van der Waals surface area (Å²) >= 11 is 6.74. The quantitative estimate of drug-likeness (QED) is 0.229. The van der Waals surface area contributed by atoms with E-state index in [1.165, 1.54) is 30.6 Å². The zero-order valence-corrected chi connectivity index (χ0v) is 22.0. The van der Waals surface area contributed by atoms with Crippen LogP contribution in [-0.2, 0) is 4.79 Å². The first-order valence-corrected chi connectivity index (χ1v) is 12.9. The molecule has 0 aliphatic rings. The number of benzene rings is 1. The van der Waals surface area contributed by atoms with E-state index in [0.29, 0.717) is 0 Å². The fraction of sp³-hybridized carbons (Fsp3) is 0.417. The van der Waals surface area contributed by atoms with Gasteiger partial charge in [-0.3, -0.25) is 9.59 Å². The van der Waals surface area contributed by atoms with Crippen molar-refractivity contribution in [3.05, 3.63) is 57.6 Å². The Morgan fingerprint density at radius 1 is 1.15 bits per heavy atom. The molecule has 9 nitrogen and oxygen atoms in total. The van der Waals surface area contributed by atoms with Crippen LogP contribution in [-0.4, -0.2) is 56.4 Å². The van der Waals surface area contributed by atoms with Crippen LogP contribution in [0.3, 0.4) is 0 Å². The molecule has 15 heteroatoms. The number of thiazole rings is 1. The van der Waals surface area contributed by atoms with Gasteiger partial charge in [0.15, 0.2) is 0 Å². The topological polar surface area (TPSA) is 138 Å². The van der Waals surface area contributed by atoms with Crippen LogP contribution < -0.4 is 10.6 Å². The van der Waals surface area contributed by atoms with Crippen molar-refractivity contribution in [2.24, 2.45) is 0 Å². The average Bonchev–Trinajstić information content (AvgIpc) is 3.56. The van der Waals surface area contributed by atoms with Crippen molar-refractivity contribution in [3.63, 3.8) is 0 Å². The molecule has 2 amide bonds. The minimum absolute atomic E-state index is 0.0538. The molecular formula is C24H25ClF4N4O5S. The molecule has 39 heavy (non-hydrogen) atoms. The SMILES string of the molecule is CC(O)CC[C@H](NC(=O)c1cnc(-c2ccc(Cl)cc2F)o1)C(=O)N[C@@H](CCC(F)(F)F)C(O)c1nccs1. The second kappa shape index (κ2) is 13.3. The monoisotopic (exact) mass is 592 g/mol. The molecule has 2 heterocycles. The first-order valence-electron chi connectivity index (χ1n) is 11.7. The minimum atomic E-state index is -4.54. The lowest BCUT2D eigenvalue weighted by Gasteiger charge is -2.26. The number of hydrogen-bond acceptors (Lipinski definition) is 8. The van der Waals surface area contributed by atoms with E-state index < -0.39 is 60.9 Å². The molecule has 2 aromatic heterocycles. The second-order valence-corrected chi connectivity index (χ2v) is 10.1. The Balaban J connectivity index is 1.77. The lowest BCUT2D eigenvalue weighted by molar-refractivity contribution is -0.140. The molecule has 0 aliphatic heterocycles. The third-order valence-electron chi connectivity index (χ3n) is 5.54. The highest BCUT2D eigenvalue weighted by Crippen LogP contribution is 2.28. The molecule has 0 fully saturated rings. The van der Waals surface area contributed by atoms with Crippen LogP contribution in [0.2, 0.25) is 5.02 Å². The van der Waals surface area contributed by atoms with Gasteiger partial charge in [-0.25, -0.2) is 14.4 Å². The number of halogens is 5. The number of aliphatic hydroxyl groups is 2. The fourth-order valence-corrected chi connectivity index (χ4v) is 4.38. The van der Waals surface area contributed by atoms with Crippen LogP contribution in [0.15, 0.2) is 40.4 Å². The largest absolute Gasteiger partial charge is 0.431 e. The van der Waals surface area contributed by atoms with Crippen molar-refractivity contribution in [2.75, 3.05) is 0 Å². The number of rotatable bonds is 12. The third-order valence-corrected chi connectivity index (χ3v) is 6.62. The maximum Gasteiger partial charge on any atom is 0.389 e. The average molecular weight is 593 g/mol. The zero-order chi connectivity index (χ0) is 28.7. The standard InChI is InChI=1S/C24H25ClF4N4O5S/c1-12(34)2-5-17(20(36)32-16(6-7-24(27,28)29)19(35)23-30-8-9-39-23)33-21(37)18-11-31-22(38-18)14-4-3-13(25)10-15(14)26/h3-4,8-12,16-17,19,34-35H,2,5-7H2,1H3,(H,32,36)(H,33,37)/t12?,16-,17-,19?/m0/s1. The number of aromatic nitrogens is 2. The van der Waals surface area contributed by atoms with Gasteiger partial charge in [0.05, 0.1) is 23.9 Å². The first-order chi connectivity index (χ1) is 18.3. The molecule has 212 valence electrons. The summed E-state index contributed by atoms with van der Waals surface area (Å²) in [7, 11) is 0. The molecule has 0 radical (unpaired) electrons. The highest BCUT2D eigenvalue weighted by molar-refractivity contribution is 7.09. The molecule has 4 atom stereocenters. The van der Waals surface area contributed by atoms with Gasteiger partial charge in [0.2, 0.25) is 17.6 Å². The van der Waals surface area contributed by atoms with Crippen LogP contribution >= 0.6 is 22.9 Å². The van der Waals surface area contributed by atoms with Crippen LogP contribution in [0.4, 0.5) is 17.6 Å². The number of hydrogen-bond donors (Lipinski definition) is 4. The van der Waals surface area contributed by atoms with Gasteiger partial charge in [-0.05, 0) is 44.4 Å². The van der Waals surface area contributed by atoms with Crippen molar-refractivity contribution in [2.45, 2.75) is 63.1 Å². The van der Waals surface area contributed by atoms with Gasteiger partial charge in [-0.15, -0.1) is 11.3 Å². The number of nitrogens with zero attached hydrogens (tertiary/aromatic N) is 2. The Kier molecular flexibility index (Phi) is 10.4. The maximum atomic E-state index is 14.2. The normalized spacial score (nSPS) is 14.9. The van der Waals surface area contributed by atoms with Crippen molar-refractivity contribution in [1.29, 1.82) is 0 Å². The van der Waals surface area contributed by atoms with E-state index in [2.05, 4.69) is 20.6 Å². The Morgan fingerprint density at radius 2 is 1.90 bits per heavy atom. The Hall–Kier alpha value is -3.07.